The molecule has 9 nitrogen and oxygen atoms in total. The molecule has 1 aliphatic heterocycles. The molecule has 0 spiro atoms. The minimum atomic E-state index is 0.219. The Labute approximate surface area is 184 Å². The third-order valence-corrected chi connectivity index (χ3v) is 5.29. The molecular formula is C22H34N6O3. The summed E-state index contributed by atoms with van der Waals surface area (Å²) in [4.78, 5) is 4.80. The van der Waals surface area contributed by atoms with Gasteiger partial charge in [-0.2, -0.15) is 0 Å². The number of nitrogens with zero attached hydrogens (tertiary/aromatic N) is 4. The summed E-state index contributed by atoms with van der Waals surface area (Å²) in [5, 5.41) is 15.1. The van der Waals surface area contributed by atoms with E-state index in [2.05, 4.69) is 39.9 Å². The first-order valence-electron chi connectivity index (χ1n) is 10.8. The van der Waals surface area contributed by atoms with Crippen LogP contribution in [0.15, 0.2) is 23.2 Å². The number of guanidine groups is 1. The quantitative estimate of drug-likeness (QED) is 0.338. The van der Waals surface area contributed by atoms with Gasteiger partial charge in [0.15, 0.2) is 11.8 Å². The first kappa shape index (κ1) is 23.0. The lowest BCUT2D eigenvalue weighted by Gasteiger charge is -2.16. The van der Waals surface area contributed by atoms with E-state index in [-0.39, 0.29) is 6.10 Å². The summed E-state index contributed by atoms with van der Waals surface area (Å²) in [6.45, 7) is 7.60. The summed E-state index contributed by atoms with van der Waals surface area (Å²) in [7, 11) is 3.62. The summed E-state index contributed by atoms with van der Waals surface area (Å²) in [5.41, 5.74) is 2.17. The minimum Gasteiger partial charge on any atom is -0.491 e. The third kappa shape index (κ3) is 6.93. The molecule has 0 bridgehead atoms. The van der Waals surface area contributed by atoms with Crippen molar-refractivity contribution >= 4 is 5.96 Å². The van der Waals surface area contributed by atoms with Crippen molar-refractivity contribution in [3.63, 3.8) is 0 Å². The van der Waals surface area contributed by atoms with E-state index in [0.717, 1.165) is 54.5 Å². The van der Waals surface area contributed by atoms with E-state index < -0.39 is 0 Å². The number of ether oxygens (including phenoxy) is 3. The van der Waals surface area contributed by atoms with E-state index in [4.69, 9.17) is 19.2 Å². The van der Waals surface area contributed by atoms with Crippen LogP contribution >= 0.6 is 0 Å². The fourth-order valence-corrected chi connectivity index (χ4v) is 3.28. The maximum absolute atomic E-state index is 5.90. The van der Waals surface area contributed by atoms with E-state index in [0.29, 0.717) is 32.3 Å². The van der Waals surface area contributed by atoms with Gasteiger partial charge in [0, 0.05) is 32.9 Å². The van der Waals surface area contributed by atoms with Crippen LogP contribution in [0, 0.1) is 13.8 Å². The maximum atomic E-state index is 5.90. The average molecular weight is 431 g/mol. The highest BCUT2D eigenvalue weighted by atomic mass is 16.5. The molecule has 1 aromatic heterocycles. The van der Waals surface area contributed by atoms with Crippen molar-refractivity contribution in [2.75, 3.05) is 33.5 Å². The molecule has 0 saturated carbocycles. The summed E-state index contributed by atoms with van der Waals surface area (Å²) < 4.78 is 18.7. The smallest absolute Gasteiger partial charge is 0.192 e. The highest BCUT2D eigenvalue weighted by molar-refractivity contribution is 5.79. The van der Waals surface area contributed by atoms with Crippen LogP contribution in [-0.2, 0) is 29.6 Å². The zero-order chi connectivity index (χ0) is 22.1. The number of nitrogens with one attached hydrogen (secondary N) is 2. The van der Waals surface area contributed by atoms with Gasteiger partial charge in [0.25, 0.3) is 0 Å². The molecule has 2 N–H and O–H groups in total. The number of aryl methyl sites for hydroxylation is 2. The van der Waals surface area contributed by atoms with Crippen molar-refractivity contribution in [3.05, 3.63) is 41.0 Å². The molecule has 1 fully saturated rings. The fourth-order valence-electron chi connectivity index (χ4n) is 3.28. The Bertz CT molecular complexity index is 861. The van der Waals surface area contributed by atoms with Crippen LogP contribution in [0.5, 0.6) is 5.75 Å². The monoisotopic (exact) mass is 430 g/mol. The lowest BCUT2D eigenvalue weighted by molar-refractivity contribution is 0.113. The van der Waals surface area contributed by atoms with Crippen LogP contribution in [0.25, 0.3) is 0 Å². The first-order valence-corrected chi connectivity index (χ1v) is 10.8. The third-order valence-electron chi connectivity index (χ3n) is 5.29. The molecular weight excluding hydrogens is 396 g/mol. The van der Waals surface area contributed by atoms with Gasteiger partial charge in [0.2, 0.25) is 0 Å². The van der Waals surface area contributed by atoms with Crippen LogP contribution < -0.4 is 15.4 Å². The summed E-state index contributed by atoms with van der Waals surface area (Å²) in [6.07, 6.45) is 2.39. The van der Waals surface area contributed by atoms with Crippen molar-refractivity contribution in [2.45, 2.75) is 45.9 Å². The Morgan fingerprint density at radius 1 is 1.26 bits per heavy atom. The predicted octanol–water partition coefficient (Wildman–Crippen LogP) is 1.87. The number of aliphatic imine (C=N–C) groups is 1. The Balaban J connectivity index is 1.68. The number of hydrogen-bond acceptors (Lipinski definition) is 6. The number of benzene rings is 1. The number of aromatic nitrogens is 3. The molecule has 9 heteroatoms. The molecule has 1 unspecified atom stereocenters. The van der Waals surface area contributed by atoms with Gasteiger partial charge in [-0.3, -0.25) is 0 Å². The highest BCUT2D eigenvalue weighted by Crippen LogP contribution is 2.21. The second kappa shape index (κ2) is 11.7. The zero-order valence-electron chi connectivity index (χ0n) is 19.0. The Kier molecular flexibility index (Phi) is 8.66. The van der Waals surface area contributed by atoms with Gasteiger partial charge in [-0.15, -0.1) is 10.2 Å². The van der Waals surface area contributed by atoms with Gasteiger partial charge in [0.05, 0.1) is 25.8 Å². The lowest BCUT2D eigenvalue weighted by atomic mass is 10.1. The Morgan fingerprint density at radius 3 is 2.84 bits per heavy atom. The average Bonchev–Trinajstić information content (AvgIpc) is 3.39. The van der Waals surface area contributed by atoms with E-state index in [1.54, 1.807) is 7.11 Å². The molecule has 170 valence electrons. The largest absolute Gasteiger partial charge is 0.491 e. The minimum absolute atomic E-state index is 0.219. The molecule has 1 aliphatic rings. The van der Waals surface area contributed by atoms with Crippen molar-refractivity contribution in [3.8, 4) is 5.75 Å². The molecule has 1 saturated heterocycles. The second-order valence-corrected chi connectivity index (χ2v) is 7.71. The normalized spacial score (nSPS) is 16.5. The Morgan fingerprint density at radius 2 is 2.13 bits per heavy atom. The number of methoxy groups -OCH3 is 1. The molecule has 0 radical (unpaired) electrons. The standard InChI is InChI=1S/C22H34N6O3/c1-16-7-8-18(20(12-16)31-11-10-29-4)13-23-22(24-14-19-6-5-9-30-19)25-15-21-27-26-17(2)28(21)3/h7-8,12,19H,5-6,9-11,13-15H2,1-4H3,(H2,23,24,25). The van der Waals surface area contributed by atoms with E-state index in [1.807, 2.05) is 24.6 Å². The molecule has 1 atom stereocenters. The van der Waals surface area contributed by atoms with E-state index in [1.165, 1.54) is 0 Å². The molecule has 2 aromatic rings. The van der Waals surface area contributed by atoms with Gasteiger partial charge in [-0.1, -0.05) is 12.1 Å². The predicted molar refractivity (Wildman–Crippen MR) is 119 cm³/mol. The van der Waals surface area contributed by atoms with Crippen molar-refractivity contribution < 1.29 is 14.2 Å². The Hall–Kier alpha value is -2.65. The van der Waals surface area contributed by atoms with Crippen LogP contribution in [0.1, 0.15) is 35.6 Å². The van der Waals surface area contributed by atoms with E-state index in [9.17, 15) is 0 Å². The van der Waals surface area contributed by atoms with Gasteiger partial charge < -0.3 is 29.4 Å². The van der Waals surface area contributed by atoms with Crippen LogP contribution in [-0.4, -0.2) is 60.3 Å². The molecule has 1 aromatic carbocycles. The number of hydrogen-bond donors (Lipinski definition) is 2. The highest BCUT2D eigenvalue weighted by Gasteiger charge is 2.16. The molecule has 3 rings (SSSR count). The van der Waals surface area contributed by atoms with E-state index >= 15 is 0 Å². The van der Waals surface area contributed by atoms with Gasteiger partial charge in [-0.05, 0) is 38.3 Å². The second-order valence-electron chi connectivity index (χ2n) is 7.71. The molecule has 2 heterocycles. The summed E-state index contributed by atoms with van der Waals surface area (Å²) >= 11 is 0. The lowest BCUT2D eigenvalue weighted by Crippen LogP contribution is -2.41. The van der Waals surface area contributed by atoms with Gasteiger partial charge in [-0.25, -0.2) is 4.99 Å². The number of rotatable bonds is 10. The molecule has 0 amide bonds. The molecule has 31 heavy (non-hydrogen) atoms. The maximum Gasteiger partial charge on any atom is 0.192 e. The summed E-state index contributed by atoms with van der Waals surface area (Å²) in [5.74, 6) is 3.27. The summed E-state index contributed by atoms with van der Waals surface area (Å²) in [6, 6.07) is 6.17. The van der Waals surface area contributed by atoms with Gasteiger partial charge >= 0.3 is 0 Å². The van der Waals surface area contributed by atoms with Crippen LogP contribution in [0.3, 0.4) is 0 Å². The topological polar surface area (TPSA) is 94.8 Å². The van der Waals surface area contributed by atoms with Crippen molar-refractivity contribution in [1.29, 1.82) is 0 Å². The molecule has 0 aliphatic carbocycles. The SMILES string of the molecule is COCCOc1cc(C)ccc1CN=C(NCc1nnc(C)n1C)NCC1CCCO1. The van der Waals surface area contributed by atoms with Crippen molar-refractivity contribution in [2.24, 2.45) is 12.0 Å². The fraction of sp³-hybridized carbons (Fsp3) is 0.591. The first-order chi connectivity index (χ1) is 15.1. The zero-order valence-corrected chi connectivity index (χ0v) is 19.0. The van der Waals surface area contributed by atoms with Gasteiger partial charge in [0.1, 0.15) is 18.2 Å². The van der Waals surface area contributed by atoms with Crippen molar-refractivity contribution in [1.82, 2.24) is 25.4 Å². The van der Waals surface area contributed by atoms with Crippen LogP contribution in [0.4, 0.5) is 0 Å². The van der Waals surface area contributed by atoms with Crippen LogP contribution in [0.2, 0.25) is 0 Å².